The summed E-state index contributed by atoms with van der Waals surface area (Å²) in [5.41, 5.74) is 4.02. The van der Waals surface area contributed by atoms with Gasteiger partial charge in [-0.3, -0.25) is 9.59 Å². The van der Waals surface area contributed by atoms with E-state index in [1.165, 1.54) is 5.57 Å². The molecule has 0 aliphatic heterocycles. The molecule has 0 atom stereocenters. The average molecular weight is 306 g/mol. The van der Waals surface area contributed by atoms with Crippen LogP contribution in [0.1, 0.15) is 53.4 Å². The molecule has 4 heteroatoms. The molecule has 1 aliphatic rings. The molecular formula is C18H26O4. The van der Waals surface area contributed by atoms with Crippen molar-refractivity contribution in [3.8, 4) is 0 Å². The lowest BCUT2D eigenvalue weighted by atomic mass is 9.80. The molecule has 1 saturated carbocycles. The van der Waals surface area contributed by atoms with Crippen LogP contribution in [0.2, 0.25) is 0 Å². The van der Waals surface area contributed by atoms with E-state index >= 15 is 0 Å². The number of hydrogen-bond donors (Lipinski definition) is 0. The van der Waals surface area contributed by atoms with Crippen LogP contribution in [0.25, 0.3) is 0 Å². The number of carbonyl (C=O) groups excluding carboxylic acids is 2. The molecule has 22 heavy (non-hydrogen) atoms. The van der Waals surface area contributed by atoms with Crippen LogP contribution in [0.15, 0.2) is 29.0 Å². The molecule has 0 aromatic heterocycles. The highest BCUT2D eigenvalue weighted by molar-refractivity contribution is 6.00. The molecule has 0 aromatic rings. The minimum absolute atomic E-state index is 0.236. The van der Waals surface area contributed by atoms with E-state index in [4.69, 9.17) is 9.47 Å². The molecule has 0 radical (unpaired) electrons. The topological polar surface area (TPSA) is 52.6 Å². The Balaban J connectivity index is 3.13. The zero-order chi connectivity index (χ0) is 16.6. The van der Waals surface area contributed by atoms with E-state index in [1.807, 2.05) is 19.9 Å². The fourth-order valence-electron chi connectivity index (χ4n) is 2.06. The fourth-order valence-corrected chi connectivity index (χ4v) is 2.06. The monoisotopic (exact) mass is 306 g/mol. The van der Waals surface area contributed by atoms with Gasteiger partial charge >= 0.3 is 11.9 Å². The Morgan fingerprint density at radius 1 is 1.09 bits per heavy atom. The Labute approximate surface area is 132 Å². The third-order valence-electron chi connectivity index (χ3n) is 3.45. The summed E-state index contributed by atoms with van der Waals surface area (Å²) in [5.74, 6) is -1.03. The van der Waals surface area contributed by atoms with E-state index in [1.54, 1.807) is 19.9 Å². The summed E-state index contributed by atoms with van der Waals surface area (Å²) >= 11 is 0. The van der Waals surface area contributed by atoms with E-state index in [9.17, 15) is 9.59 Å². The largest absolute Gasteiger partial charge is 0.465 e. The third-order valence-corrected chi connectivity index (χ3v) is 3.45. The lowest BCUT2D eigenvalue weighted by molar-refractivity contribution is -0.171. The van der Waals surface area contributed by atoms with Gasteiger partial charge in [-0.15, -0.1) is 5.73 Å². The quantitative estimate of drug-likeness (QED) is 0.297. The predicted octanol–water partition coefficient (Wildman–Crippen LogP) is 3.72. The minimum atomic E-state index is -1.30. The van der Waals surface area contributed by atoms with Gasteiger partial charge in [-0.2, -0.15) is 0 Å². The van der Waals surface area contributed by atoms with Crippen LogP contribution in [0.5, 0.6) is 0 Å². The zero-order valence-corrected chi connectivity index (χ0v) is 14.0. The van der Waals surface area contributed by atoms with Crippen LogP contribution >= 0.6 is 0 Å². The summed E-state index contributed by atoms with van der Waals surface area (Å²) in [6, 6.07) is 0. The molecule has 1 fully saturated rings. The zero-order valence-electron chi connectivity index (χ0n) is 14.0. The van der Waals surface area contributed by atoms with Crippen molar-refractivity contribution in [2.24, 2.45) is 5.41 Å². The van der Waals surface area contributed by atoms with Crippen molar-refractivity contribution >= 4 is 11.9 Å². The van der Waals surface area contributed by atoms with E-state index in [-0.39, 0.29) is 19.6 Å². The van der Waals surface area contributed by atoms with Crippen LogP contribution in [0.3, 0.4) is 0 Å². The molecule has 1 rings (SSSR count). The molecule has 0 bridgehead atoms. The average Bonchev–Trinajstić information content (AvgIpc) is 3.27. The standard InChI is InChI=1S/C18H26O4/c1-5-21-16(19)18(17(20)22-6-2,12-7-8-14(3)4)13-11-15-9-10-15/h7,11H,5-6,9-10,12-13H2,1-4H3. The van der Waals surface area contributed by atoms with Crippen molar-refractivity contribution in [2.75, 3.05) is 13.2 Å². The Morgan fingerprint density at radius 3 is 2.05 bits per heavy atom. The second kappa shape index (κ2) is 8.60. The highest BCUT2D eigenvalue weighted by Crippen LogP contribution is 2.36. The SMILES string of the molecule is CCOC(=O)C(CC=C=C(C)C)(CC=C1CC1)C(=O)OCC. The van der Waals surface area contributed by atoms with Gasteiger partial charge in [-0.05, 0) is 65.0 Å². The van der Waals surface area contributed by atoms with Crippen LogP contribution in [0, 0.1) is 5.41 Å². The highest BCUT2D eigenvalue weighted by Gasteiger charge is 2.47. The van der Waals surface area contributed by atoms with Crippen molar-refractivity contribution in [2.45, 2.75) is 53.4 Å². The van der Waals surface area contributed by atoms with Crippen molar-refractivity contribution in [1.29, 1.82) is 0 Å². The lowest BCUT2D eigenvalue weighted by Crippen LogP contribution is -2.41. The summed E-state index contributed by atoms with van der Waals surface area (Å²) in [4.78, 5) is 25.0. The molecule has 1 aliphatic carbocycles. The summed E-state index contributed by atoms with van der Waals surface area (Å²) in [7, 11) is 0. The number of ether oxygens (including phenoxy) is 2. The van der Waals surface area contributed by atoms with Crippen LogP contribution in [-0.4, -0.2) is 25.2 Å². The van der Waals surface area contributed by atoms with Crippen LogP contribution in [0.4, 0.5) is 0 Å². The first-order valence-corrected chi connectivity index (χ1v) is 7.87. The normalized spacial score (nSPS) is 13.0. The minimum Gasteiger partial charge on any atom is -0.465 e. The molecule has 122 valence electrons. The Kier molecular flexibility index (Phi) is 7.13. The second-order valence-electron chi connectivity index (χ2n) is 5.64. The molecular weight excluding hydrogens is 280 g/mol. The fraction of sp³-hybridized carbons (Fsp3) is 0.611. The molecule has 0 saturated heterocycles. The molecule has 0 N–H and O–H groups in total. The number of rotatable bonds is 8. The van der Waals surface area contributed by atoms with Crippen molar-refractivity contribution in [3.63, 3.8) is 0 Å². The highest BCUT2D eigenvalue weighted by atomic mass is 16.6. The van der Waals surface area contributed by atoms with E-state index in [0.29, 0.717) is 6.42 Å². The van der Waals surface area contributed by atoms with Gasteiger partial charge in [0.15, 0.2) is 5.41 Å². The van der Waals surface area contributed by atoms with Gasteiger partial charge in [0.2, 0.25) is 0 Å². The van der Waals surface area contributed by atoms with Gasteiger partial charge in [0.05, 0.1) is 13.2 Å². The summed E-state index contributed by atoms with van der Waals surface area (Å²) in [6.07, 6.45) is 6.36. The Hall–Kier alpha value is -1.80. The maximum Gasteiger partial charge on any atom is 0.324 e. The number of esters is 2. The first-order chi connectivity index (χ1) is 10.5. The summed E-state index contributed by atoms with van der Waals surface area (Å²) in [5, 5.41) is 0. The maximum absolute atomic E-state index is 12.5. The third kappa shape index (κ3) is 5.19. The van der Waals surface area contributed by atoms with E-state index < -0.39 is 17.4 Å². The second-order valence-corrected chi connectivity index (χ2v) is 5.64. The summed E-state index contributed by atoms with van der Waals surface area (Å²) in [6.45, 7) is 7.78. The van der Waals surface area contributed by atoms with E-state index in [2.05, 4.69) is 5.73 Å². The van der Waals surface area contributed by atoms with Gasteiger partial charge < -0.3 is 9.47 Å². The van der Waals surface area contributed by atoms with E-state index in [0.717, 1.165) is 18.4 Å². The van der Waals surface area contributed by atoms with Crippen molar-refractivity contribution < 1.29 is 19.1 Å². The lowest BCUT2D eigenvalue weighted by Gasteiger charge is -2.26. The Bertz CT molecular complexity index is 479. The van der Waals surface area contributed by atoms with Gasteiger partial charge in [0, 0.05) is 0 Å². The maximum atomic E-state index is 12.5. The molecule has 0 unspecified atom stereocenters. The molecule has 0 amide bonds. The van der Waals surface area contributed by atoms with Gasteiger partial charge in [-0.1, -0.05) is 11.6 Å². The first kappa shape index (κ1) is 18.2. The molecule has 0 spiro atoms. The molecule has 0 aromatic carbocycles. The summed E-state index contributed by atoms with van der Waals surface area (Å²) < 4.78 is 10.3. The van der Waals surface area contributed by atoms with Crippen molar-refractivity contribution in [1.82, 2.24) is 0 Å². The van der Waals surface area contributed by atoms with Crippen LogP contribution < -0.4 is 0 Å². The van der Waals surface area contributed by atoms with Gasteiger partial charge in [-0.25, -0.2) is 0 Å². The first-order valence-electron chi connectivity index (χ1n) is 7.87. The van der Waals surface area contributed by atoms with Gasteiger partial charge in [0.25, 0.3) is 0 Å². The number of hydrogen-bond acceptors (Lipinski definition) is 4. The Morgan fingerprint density at radius 2 is 1.64 bits per heavy atom. The predicted molar refractivity (Wildman–Crippen MR) is 85.2 cm³/mol. The molecule has 0 heterocycles. The molecule has 4 nitrogen and oxygen atoms in total. The van der Waals surface area contributed by atoms with Crippen LogP contribution in [-0.2, 0) is 19.1 Å². The van der Waals surface area contributed by atoms with Crippen molar-refractivity contribution in [3.05, 3.63) is 29.0 Å². The van der Waals surface area contributed by atoms with Gasteiger partial charge in [0.1, 0.15) is 0 Å². The smallest absolute Gasteiger partial charge is 0.324 e. The number of allylic oxidation sites excluding steroid dienone is 3. The number of carbonyl (C=O) groups is 2.